The molecule has 0 saturated heterocycles. The maximum absolute atomic E-state index is 4.22. The SMILES string of the molecule is CCc1nccn1C#Cc1cccc(Br)c1. The minimum absolute atomic E-state index is 0.889. The van der Waals surface area contributed by atoms with Gasteiger partial charge in [0, 0.05) is 34.9 Å². The largest absolute Gasteiger partial charge is 0.262 e. The van der Waals surface area contributed by atoms with Crippen LogP contribution in [0, 0.1) is 12.0 Å². The smallest absolute Gasteiger partial charge is 0.120 e. The molecule has 0 aliphatic rings. The second-order valence-electron chi connectivity index (χ2n) is 3.31. The van der Waals surface area contributed by atoms with E-state index in [2.05, 4.69) is 39.8 Å². The van der Waals surface area contributed by atoms with E-state index in [1.54, 1.807) is 6.20 Å². The van der Waals surface area contributed by atoms with E-state index in [9.17, 15) is 0 Å². The summed E-state index contributed by atoms with van der Waals surface area (Å²) in [5.41, 5.74) is 0.991. The first kappa shape index (κ1) is 11.0. The second-order valence-corrected chi connectivity index (χ2v) is 4.23. The highest BCUT2D eigenvalue weighted by Gasteiger charge is 1.95. The lowest BCUT2D eigenvalue weighted by molar-refractivity contribution is 0.913. The van der Waals surface area contributed by atoms with Crippen molar-refractivity contribution in [3.63, 3.8) is 0 Å². The summed E-state index contributed by atoms with van der Waals surface area (Å²) in [5.74, 6) is 4.09. The van der Waals surface area contributed by atoms with Gasteiger partial charge in [-0.3, -0.25) is 4.57 Å². The van der Waals surface area contributed by atoms with Gasteiger partial charge in [0.1, 0.15) is 5.82 Å². The number of aryl methyl sites for hydroxylation is 1. The van der Waals surface area contributed by atoms with Gasteiger partial charge in [-0.15, -0.1) is 0 Å². The number of rotatable bonds is 1. The predicted octanol–water partition coefficient (Wildman–Crippen LogP) is 3.07. The molecule has 2 nitrogen and oxygen atoms in total. The Balaban J connectivity index is 2.28. The van der Waals surface area contributed by atoms with Crippen LogP contribution in [0.3, 0.4) is 0 Å². The molecule has 0 spiro atoms. The summed E-state index contributed by atoms with van der Waals surface area (Å²) < 4.78 is 2.90. The van der Waals surface area contributed by atoms with Gasteiger partial charge in [0.2, 0.25) is 0 Å². The van der Waals surface area contributed by atoms with E-state index < -0.39 is 0 Å². The number of benzene rings is 1. The van der Waals surface area contributed by atoms with Crippen LogP contribution in [0.2, 0.25) is 0 Å². The monoisotopic (exact) mass is 274 g/mol. The number of hydrogen-bond acceptors (Lipinski definition) is 1. The zero-order valence-electron chi connectivity index (χ0n) is 8.94. The second kappa shape index (κ2) is 5.00. The third kappa shape index (κ3) is 2.53. The van der Waals surface area contributed by atoms with Crippen LogP contribution in [-0.4, -0.2) is 9.55 Å². The summed E-state index contributed by atoms with van der Waals surface area (Å²) >= 11 is 3.42. The fraction of sp³-hybridized carbons (Fsp3) is 0.154. The van der Waals surface area contributed by atoms with Crippen molar-refractivity contribution < 1.29 is 0 Å². The van der Waals surface area contributed by atoms with E-state index in [-0.39, 0.29) is 0 Å². The van der Waals surface area contributed by atoms with Crippen molar-refractivity contribution in [3.8, 4) is 12.0 Å². The maximum Gasteiger partial charge on any atom is 0.120 e. The molecule has 0 radical (unpaired) electrons. The van der Waals surface area contributed by atoms with Gasteiger partial charge >= 0.3 is 0 Å². The summed E-state index contributed by atoms with van der Waals surface area (Å²) in [6.07, 6.45) is 4.54. The summed E-state index contributed by atoms with van der Waals surface area (Å²) in [6, 6.07) is 11.0. The Labute approximate surface area is 103 Å². The molecule has 0 N–H and O–H groups in total. The van der Waals surface area contributed by atoms with Crippen LogP contribution in [-0.2, 0) is 6.42 Å². The average molecular weight is 275 g/mol. The lowest BCUT2D eigenvalue weighted by atomic mass is 10.2. The standard InChI is InChI=1S/C13H11BrN2/c1-2-13-15-7-9-16(13)8-6-11-4-3-5-12(14)10-11/h3-5,7,9-10H,2H2,1H3. The number of aromatic nitrogens is 2. The lowest BCUT2D eigenvalue weighted by Gasteiger charge is -1.95. The highest BCUT2D eigenvalue weighted by Crippen LogP contribution is 2.10. The highest BCUT2D eigenvalue weighted by molar-refractivity contribution is 9.10. The molecule has 0 saturated carbocycles. The summed E-state index contributed by atoms with van der Waals surface area (Å²) in [5, 5.41) is 0. The molecule has 80 valence electrons. The van der Waals surface area contributed by atoms with Crippen LogP contribution < -0.4 is 0 Å². The molecule has 1 aromatic carbocycles. The van der Waals surface area contributed by atoms with Crippen molar-refractivity contribution in [1.29, 1.82) is 0 Å². The van der Waals surface area contributed by atoms with Crippen molar-refractivity contribution >= 4 is 15.9 Å². The molecule has 0 aliphatic heterocycles. The Morgan fingerprint density at radius 1 is 1.44 bits per heavy atom. The molecule has 0 amide bonds. The number of halogens is 1. The molecule has 0 aliphatic carbocycles. The van der Waals surface area contributed by atoms with Gasteiger partial charge in [0.25, 0.3) is 0 Å². The molecule has 1 aromatic heterocycles. The van der Waals surface area contributed by atoms with Crippen molar-refractivity contribution in [2.24, 2.45) is 0 Å². The quantitative estimate of drug-likeness (QED) is 0.731. The van der Waals surface area contributed by atoms with Gasteiger partial charge in [-0.2, -0.15) is 0 Å². The van der Waals surface area contributed by atoms with E-state index >= 15 is 0 Å². The first-order valence-corrected chi connectivity index (χ1v) is 5.88. The van der Waals surface area contributed by atoms with Gasteiger partial charge in [0.05, 0.1) is 0 Å². The van der Waals surface area contributed by atoms with Crippen LogP contribution in [0.15, 0.2) is 41.1 Å². The molecular weight excluding hydrogens is 264 g/mol. The fourth-order valence-electron chi connectivity index (χ4n) is 1.39. The molecule has 1 heterocycles. The van der Waals surface area contributed by atoms with Gasteiger partial charge in [-0.05, 0) is 24.1 Å². The summed E-state index contributed by atoms with van der Waals surface area (Å²) in [6.45, 7) is 2.07. The normalized spacial score (nSPS) is 9.62. The molecular formula is C13H11BrN2. The van der Waals surface area contributed by atoms with Crippen LogP contribution >= 0.6 is 15.9 Å². The molecule has 0 fully saturated rings. The zero-order chi connectivity index (χ0) is 11.4. The molecule has 16 heavy (non-hydrogen) atoms. The van der Waals surface area contributed by atoms with Crippen molar-refractivity contribution in [2.45, 2.75) is 13.3 Å². The van der Waals surface area contributed by atoms with Gasteiger partial charge in [-0.25, -0.2) is 4.98 Å². The third-order valence-electron chi connectivity index (χ3n) is 2.18. The minimum atomic E-state index is 0.889. The first-order chi connectivity index (χ1) is 7.79. The van der Waals surface area contributed by atoms with E-state index in [4.69, 9.17) is 0 Å². The first-order valence-electron chi connectivity index (χ1n) is 5.09. The molecule has 0 unspecified atom stereocenters. The van der Waals surface area contributed by atoms with Crippen LogP contribution in [0.1, 0.15) is 18.3 Å². The molecule has 0 atom stereocenters. The molecule has 2 rings (SSSR count). The summed E-state index contributed by atoms with van der Waals surface area (Å²) in [7, 11) is 0. The summed E-state index contributed by atoms with van der Waals surface area (Å²) in [4.78, 5) is 4.22. The Hall–Kier alpha value is -1.53. The molecule has 2 aromatic rings. The van der Waals surface area contributed by atoms with Crippen molar-refractivity contribution in [3.05, 3.63) is 52.5 Å². The Morgan fingerprint density at radius 2 is 2.31 bits per heavy atom. The van der Waals surface area contributed by atoms with Crippen LogP contribution in [0.4, 0.5) is 0 Å². The highest BCUT2D eigenvalue weighted by atomic mass is 79.9. The third-order valence-corrected chi connectivity index (χ3v) is 2.67. The Bertz CT molecular complexity index is 546. The molecule has 3 heteroatoms. The van der Waals surface area contributed by atoms with Crippen LogP contribution in [0.25, 0.3) is 0 Å². The predicted molar refractivity (Wildman–Crippen MR) is 68.0 cm³/mol. The topological polar surface area (TPSA) is 17.8 Å². The van der Waals surface area contributed by atoms with Crippen molar-refractivity contribution in [1.82, 2.24) is 9.55 Å². The number of hydrogen-bond donors (Lipinski definition) is 0. The van der Waals surface area contributed by atoms with Crippen LogP contribution in [0.5, 0.6) is 0 Å². The zero-order valence-corrected chi connectivity index (χ0v) is 10.5. The maximum atomic E-state index is 4.22. The van der Waals surface area contributed by atoms with Gasteiger partial charge in [-0.1, -0.05) is 28.9 Å². The van der Waals surface area contributed by atoms with Crippen molar-refractivity contribution in [2.75, 3.05) is 0 Å². The average Bonchev–Trinajstić information content (AvgIpc) is 2.74. The van der Waals surface area contributed by atoms with E-state index in [0.29, 0.717) is 0 Å². The van der Waals surface area contributed by atoms with E-state index in [1.807, 2.05) is 35.0 Å². The fourth-order valence-corrected chi connectivity index (χ4v) is 1.79. The van der Waals surface area contributed by atoms with E-state index in [1.165, 1.54) is 0 Å². The lowest BCUT2D eigenvalue weighted by Crippen LogP contribution is -1.94. The minimum Gasteiger partial charge on any atom is -0.262 e. The van der Waals surface area contributed by atoms with Gasteiger partial charge in [0.15, 0.2) is 0 Å². The molecule has 0 bridgehead atoms. The van der Waals surface area contributed by atoms with Gasteiger partial charge < -0.3 is 0 Å². The van der Waals surface area contributed by atoms with E-state index in [0.717, 1.165) is 22.3 Å². The Kier molecular flexibility index (Phi) is 3.43. The number of imidazole rings is 1. The Morgan fingerprint density at radius 3 is 3.06 bits per heavy atom. The number of nitrogens with zero attached hydrogens (tertiary/aromatic N) is 2.